The summed E-state index contributed by atoms with van der Waals surface area (Å²) in [5, 5.41) is 7.14. The number of hydrogen-bond acceptors (Lipinski definition) is 2. The molecule has 112 valence electrons. The number of carbonyl (C=O) groups is 1. The van der Waals surface area contributed by atoms with Crippen LogP contribution in [0.25, 0.3) is 0 Å². The number of nitrogens with one attached hydrogen (secondary N) is 1. The van der Waals surface area contributed by atoms with Crippen LogP contribution in [0.15, 0.2) is 28.7 Å². The van der Waals surface area contributed by atoms with Gasteiger partial charge in [0.15, 0.2) is 0 Å². The Balaban J connectivity index is 1.81. The summed E-state index contributed by atoms with van der Waals surface area (Å²) in [5.41, 5.74) is 2.41. The van der Waals surface area contributed by atoms with E-state index in [2.05, 4.69) is 26.3 Å². The Bertz CT molecular complexity index is 654. The fraction of sp³-hybridized carbons (Fsp3) is 0.333. The minimum atomic E-state index is -0.440. The van der Waals surface area contributed by atoms with Crippen LogP contribution < -0.4 is 5.32 Å². The van der Waals surface area contributed by atoms with Crippen LogP contribution >= 0.6 is 15.9 Å². The first kappa shape index (κ1) is 15.7. The molecule has 1 amide bonds. The van der Waals surface area contributed by atoms with E-state index < -0.39 is 5.82 Å². The standard InChI is InChI=1S/C15H17BrFN3O/c1-10-8-11(2)20(19-10)7-3-6-18-15(21)12-4-5-13(16)14(17)9-12/h4-5,8-9H,3,6-7H2,1-2H3,(H,18,21). The normalized spacial score (nSPS) is 10.7. The summed E-state index contributed by atoms with van der Waals surface area (Å²) in [4.78, 5) is 11.9. The van der Waals surface area contributed by atoms with Crippen LogP contribution in [0.1, 0.15) is 28.2 Å². The van der Waals surface area contributed by atoms with Gasteiger partial charge in [-0.2, -0.15) is 5.10 Å². The zero-order chi connectivity index (χ0) is 15.4. The number of hydrogen-bond donors (Lipinski definition) is 1. The predicted octanol–water partition coefficient (Wildman–Crippen LogP) is 3.22. The van der Waals surface area contributed by atoms with E-state index in [0.717, 1.165) is 24.4 Å². The number of carbonyl (C=O) groups excluding carboxylic acids is 1. The second-order valence-electron chi connectivity index (χ2n) is 4.89. The minimum Gasteiger partial charge on any atom is -0.352 e. The molecule has 0 fully saturated rings. The van der Waals surface area contributed by atoms with Crippen molar-refractivity contribution in [2.24, 2.45) is 0 Å². The van der Waals surface area contributed by atoms with Gasteiger partial charge in [0.05, 0.1) is 10.2 Å². The first-order valence-corrected chi connectivity index (χ1v) is 7.51. The number of rotatable bonds is 5. The number of amides is 1. The fourth-order valence-electron chi connectivity index (χ4n) is 2.07. The smallest absolute Gasteiger partial charge is 0.251 e. The van der Waals surface area contributed by atoms with Crippen molar-refractivity contribution in [2.75, 3.05) is 6.54 Å². The molecule has 6 heteroatoms. The first-order chi connectivity index (χ1) is 9.97. The van der Waals surface area contributed by atoms with Crippen molar-refractivity contribution in [3.05, 3.63) is 51.5 Å². The average molecular weight is 354 g/mol. The van der Waals surface area contributed by atoms with Crippen molar-refractivity contribution in [1.29, 1.82) is 0 Å². The Kier molecular flexibility index (Phi) is 5.12. The van der Waals surface area contributed by atoms with Crippen LogP contribution in [0, 0.1) is 19.7 Å². The second kappa shape index (κ2) is 6.85. The molecule has 0 spiro atoms. The summed E-state index contributed by atoms with van der Waals surface area (Å²) in [5.74, 6) is -0.708. The average Bonchev–Trinajstić information content (AvgIpc) is 2.76. The van der Waals surface area contributed by atoms with E-state index in [9.17, 15) is 9.18 Å². The van der Waals surface area contributed by atoms with Crippen molar-refractivity contribution in [2.45, 2.75) is 26.8 Å². The molecule has 0 radical (unpaired) electrons. The summed E-state index contributed by atoms with van der Waals surface area (Å²) in [7, 11) is 0. The first-order valence-electron chi connectivity index (χ1n) is 6.71. The van der Waals surface area contributed by atoms with Crippen LogP contribution in [-0.4, -0.2) is 22.2 Å². The molecule has 1 heterocycles. The Labute approximate surface area is 131 Å². The van der Waals surface area contributed by atoms with Gasteiger partial charge in [0.2, 0.25) is 0 Å². The van der Waals surface area contributed by atoms with Gasteiger partial charge in [-0.3, -0.25) is 9.48 Å². The number of halogens is 2. The molecule has 0 aliphatic rings. The summed E-state index contributed by atoms with van der Waals surface area (Å²) >= 11 is 3.06. The molecule has 0 unspecified atom stereocenters. The lowest BCUT2D eigenvalue weighted by molar-refractivity contribution is 0.0952. The van der Waals surface area contributed by atoms with Gasteiger partial charge in [0.25, 0.3) is 5.91 Å². The molecular formula is C15H17BrFN3O. The van der Waals surface area contributed by atoms with E-state index in [1.54, 1.807) is 6.07 Å². The van der Waals surface area contributed by atoms with Crippen LogP contribution in [0.2, 0.25) is 0 Å². The van der Waals surface area contributed by atoms with Crippen LogP contribution in [-0.2, 0) is 6.54 Å². The second-order valence-corrected chi connectivity index (χ2v) is 5.74. The van der Waals surface area contributed by atoms with Gasteiger partial charge in [0.1, 0.15) is 5.82 Å². The third kappa shape index (κ3) is 4.14. The topological polar surface area (TPSA) is 46.9 Å². The fourth-order valence-corrected chi connectivity index (χ4v) is 2.32. The summed E-state index contributed by atoms with van der Waals surface area (Å²) in [6.07, 6.45) is 0.771. The van der Waals surface area contributed by atoms with Gasteiger partial charge in [0, 0.05) is 24.3 Å². The largest absolute Gasteiger partial charge is 0.352 e. The van der Waals surface area contributed by atoms with E-state index in [-0.39, 0.29) is 5.91 Å². The Morgan fingerprint density at radius 1 is 1.38 bits per heavy atom. The van der Waals surface area contributed by atoms with E-state index in [1.165, 1.54) is 12.1 Å². The Morgan fingerprint density at radius 3 is 2.76 bits per heavy atom. The molecule has 21 heavy (non-hydrogen) atoms. The molecule has 0 saturated carbocycles. The monoisotopic (exact) mass is 353 g/mol. The molecular weight excluding hydrogens is 337 g/mol. The molecule has 1 aromatic carbocycles. The van der Waals surface area contributed by atoms with Crippen molar-refractivity contribution < 1.29 is 9.18 Å². The lowest BCUT2D eigenvalue weighted by atomic mass is 10.2. The van der Waals surface area contributed by atoms with E-state index >= 15 is 0 Å². The van der Waals surface area contributed by atoms with Crippen LogP contribution in [0.5, 0.6) is 0 Å². The van der Waals surface area contributed by atoms with Gasteiger partial charge in [-0.15, -0.1) is 0 Å². The van der Waals surface area contributed by atoms with Crippen LogP contribution in [0.4, 0.5) is 4.39 Å². The van der Waals surface area contributed by atoms with Crippen LogP contribution in [0.3, 0.4) is 0 Å². The van der Waals surface area contributed by atoms with Gasteiger partial charge >= 0.3 is 0 Å². The maximum atomic E-state index is 13.4. The van der Waals surface area contributed by atoms with Crippen molar-refractivity contribution in [1.82, 2.24) is 15.1 Å². The zero-order valence-corrected chi connectivity index (χ0v) is 13.6. The summed E-state index contributed by atoms with van der Waals surface area (Å²) in [6.45, 7) is 5.22. The quantitative estimate of drug-likeness (QED) is 0.838. The molecule has 1 N–H and O–H groups in total. The van der Waals surface area contributed by atoms with E-state index in [0.29, 0.717) is 16.6 Å². The minimum absolute atomic E-state index is 0.269. The third-order valence-electron chi connectivity index (χ3n) is 3.12. The molecule has 0 bridgehead atoms. The highest BCUT2D eigenvalue weighted by atomic mass is 79.9. The molecule has 0 atom stereocenters. The summed E-state index contributed by atoms with van der Waals surface area (Å²) < 4.78 is 15.6. The molecule has 2 rings (SSSR count). The summed E-state index contributed by atoms with van der Waals surface area (Å²) in [6, 6.07) is 6.35. The van der Waals surface area contributed by atoms with E-state index in [4.69, 9.17) is 0 Å². The lowest BCUT2D eigenvalue weighted by Crippen LogP contribution is -2.25. The molecule has 1 aromatic heterocycles. The van der Waals surface area contributed by atoms with Crippen molar-refractivity contribution in [3.63, 3.8) is 0 Å². The third-order valence-corrected chi connectivity index (χ3v) is 3.76. The maximum Gasteiger partial charge on any atom is 0.251 e. The molecule has 0 saturated heterocycles. The van der Waals surface area contributed by atoms with Crippen molar-refractivity contribution in [3.8, 4) is 0 Å². The number of benzene rings is 1. The number of aryl methyl sites for hydroxylation is 3. The van der Waals surface area contributed by atoms with Crippen molar-refractivity contribution >= 4 is 21.8 Å². The molecule has 4 nitrogen and oxygen atoms in total. The predicted molar refractivity (Wildman–Crippen MR) is 82.8 cm³/mol. The Morgan fingerprint density at radius 2 is 2.14 bits per heavy atom. The SMILES string of the molecule is Cc1cc(C)n(CCCNC(=O)c2ccc(Br)c(F)c2)n1. The molecule has 2 aromatic rings. The van der Waals surface area contributed by atoms with Gasteiger partial charge in [-0.25, -0.2) is 4.39 Å². The highest BCUT2D eigenvalue weighted by molar-refractivity contribution is 9.10. The van der Waals surface area contributed by atoms with Gasteiger partial charge in [-0.05, 0) is 60.5 Å². The molecule has 0 aliphatic carbocycles. The van der Waals surface area contributed by atoms with Gasteiger partial charge in [-0.1, -0.05) is 0 Å². The zero-order valence-electron chi connectivity index (χ0n) is 12.0. The molecule has 0 aliphatic heterocycles. The lowest BCUT2D eigenvalue weighted by Gasteiger charge is -2.07. The highest BCUT2D eigenvalue weighted by Crippen LogP contribution is 2.16. The Hall–Kier alpha value is -1.69. The maximum absolute atomic E-state index is 13.4. The van der Waals surface area contributed by atoms with E-state index in [1.807, 2.05) is 24.6 Å². The number of aromatic nitrogens is 2. The van der Waals surface area contributed by atoms with Gasteiger partial charge < -0.3 is 5.32 Å². The number of nitrogens with zero attached hydrogens (tertiary/aromatic N) is 2. The highest BCUT2D eigenvalue weighted by Gasteiger charge is 2.08.